The van der Waals surface area contributed by atoms with Crippen molar-refractivity contribution in [3.05, 3.63) is 131 Å². The molecule has 0 atom stereocenters. The van der Waals surface area contributed by atoms with Crippen LogP contribution in [0.5, 0.6) is 5.75 Å². The van der Waals surface area contributed by atoms with Gasteiger partial charge in [0.2, 0.25) is 23.6 Å². The third-order valence-electron chi connectivity index (χ3n) is 9.09. The van der Waals surface area contributed by atoms with E-state index in [1.165, 1.54) is 36.9 Å². The van der Waals surface area contributed by atoms with Gasteiger partial charge in [0.05, 0.1) is 35.0 Å². The number of benzene rings is 4. The molecule has 10 heteroatoms. The van der Waals surface area contributed by atoms with E-state index >= 15 is 0 Å². The molecule has 4 aromatic carbocycles. The Morgan fingerprint density at radius 2 is 0.843 bits per heavy atom. The molecule has 7 rings (SSSR count). The number of amides is 4. The van der Waals surface area contributed by atoms with Gasteiger partial charge in [-0.05, 0) is 75.7 Å². The molecule has 0 bridgehead atoms. The highest BCUT2D eigenvalue weighted by Gasteiger charge is 2.72. The van der Waals surface area contributed by atoms with Crippen molar-refractivity contribution in [1.29, 1.82) is 0 Å². The maximum Gasteiger partial charge on any atom is 0.336 e. The first-order valence-corrected chi connectivity index (χ1v) is 16.5. The maximum absolute atomic E-state index is 11.7. The first-order valence-electron chi connectivity index (χ1n) is 16.5. The van der Waals surface area contributed by atoms with E-state index < -0.39 is 23.7 Å². The topological polar surface area (TPSA) is 126 Å². The number of hydrogen-bond donors (Lipinski definition) is 0. The molecule has 0 unspecified atom stereocenters. The number of rotatable bonds is 5. The van der Waals surface area contributed by atoms with E-state index in [2.05, 4.69) is 24.1 Å². The fourth-order valence-electron chi connectivity index (χ4n) is 6.03. The third kappa shape index (κ3) is 8.41. The minimum absolute atomic E-state index is 0.326. The zero-order valence-electron chi connectivity index (χ0n) is 29.4. The molecule has 4 aromatic rings. The van der Waals surface area contributed by atoms with E-state index in [-0.39, 0.29) is 29.6 Å². The fraction of sp³-hybridized carbons (Fsp3) is 0.244. The molecular formula is C41H40N4O6. The van der Waals surface area contributed by atoms with E-state index in [1.54, 1.807) is 18.2 Å². The number of carbonyl (C=O) groups excluding carboxylic acids is 5. The molecule has 51 heavy (non-hydrogen) atoms. The van der Waals surface area contributed by atoms with Crippen molar-refractivity contribution in [1.82, 2.24) is 9.80 Å². The van der Waals surface area contributed by atoms with Crippen LogP contribution in [-0.2, 0) is 24.0 Å². The average Bonchev–Trinajstić information content (AvgIpc) is 3.40. The number of nitrogens with zero attached hydrogens (tertiary/aromatic N) is 4. The molecule has 0 N–H and O–H groups in total. The average molecular weight is 685 g/mol. The van der Waals surface area contributed by atoms with Crippen LogP contribution in [-0.4, -0.2) is 53.5 Å². The lowest BCUT2D eigenvalue weighted by molar-refractivity contribution is -0.146. The Kier molecular flexibility index (Phi) is 11.1. The lowest BCUT2D eigenvalue weighted by Gasteiger charge is -2.36. The summed E-state index contributed by atoms with van der Waals surface area (Å²) in [6.45, 7) is 8.13. The number of likely N-dealkylation sites (tertiary alicyclic amines) is 2. The molecule has 1 saturated carbocycles. The predicted octanol–water partition coefficient (Wildman–Crippen LogP) is 7.10. The summed E-state index contributed by atoms with van der Waals surface area (Å²) in [5, 5.41) is 8.34. The molecule has 0 spiro atoms. The van der Waals surface area contributed by atoms with Gasteiger partial charge in [-0.15, -0.1) is 0 Å². The molecule has 4 amide bonds. The molecule has 3 fully saturated rings. The van der Waals surface area contributed by atoms with Crippen LogP contribution in [0.2, 0.25) is 0 Å². The quantitative estimate of drug-likeness (QED) is 0.0726. The Hall–Kier alpha value is -6.03. The van der Waals surface area contributed by atoms with Gasteiger partial charge >= 0.3 is 5.97 Å². The summed E-state index contributed by atoms with van der Waals surface area (Å²) in [7, 11) is 2.80. The second-order valence-electron chi connectivity index (χ2n) is 12.9. The summed E-state index contributed by atoms with van der Waals surface area (Å²) >= 11 is 0. The molecule has 2 saturated heterocycles. The summed E-state index contributed by atoms with van der Waals surface area (Å²) in [6, 6.07) is 31.3. The van der Waals surface area contributed by atoms with Gasteiger partial charge in [0.1, 0.15) is 5.75 Å². The lowest BCUT2D eigenvalue weighted by Crippen LogP contribution is -2.50. The van der Waals surface area contributed by atoms with E-state index in [4.69, 9.17) is 4.74 Å². The molecule has 10 nitrogen and oxygen atoms in total. The van der Waals surface area contributed by atoms with Crippen molar-refractivity contribution < 1.29 is 28.7 Å². The Labute approximate surface area is 297 Å². The second-order valence-corrected chi connectivity index (χ2v) is 12.9. The predicted molar refractivity (Wildman–Crippen MR) is 193 cm³/mol. The maximum atomic E-state index is 11.7. The van der Waals surface area contributed by atoms with Crippen LogP contribution in [0.1, 0.15) is 27.8 Å². The summed E-state index contributed by atoms with van der Waals surface area (Å²) in [4.78, 5) is 60.5. The first-order chi connectivity index (χ1) is 24.3. The Balaban J connectivity index is 0.000000149. The van der Waals surface area contributed by atoms with Gasteiger partial charge in [0, 0.05) is 20.2 Å². The standard InChI is InChI=1S/C17H16O2.C14H14N2.C10H10N2O4/c1-13-3-7-15(8-4-13)9-12-17(18)19-16-10-5-14(2)6-11-16;1-11-3-7-13(8-4-11)15-16-14-9-5-12(2)6-10-14;1-11-7(13)3-4(8(11)14)6-5(3)9(15)12(2)10(6)16/h3-12H,1-2H3;3-10H,1-2H3;3-6H,1-2H3/b12-9+;;. The molecule has 0 radical (unpaired) electrons. The Morgan fingerprint density at radius 1 is 0.529 bits per heavy atom. The number of azo groups is 1. The highest BCUT2D eigenvalue weighted by molar-refractivity contribution is 6.17. The van der Waals surface area contributed by atoms with Gasteiger partial charge in [-0.25, -0.2) is 4.79 Å². The second kappa shape index (κ2) is 15.7. The minimum Gasteiger partial charge on any atom is -0.423 e. The fourth-order valence-corrected chi connectivity index (χ4v) is 6.03. The van der Waals surface area contributed by atoms with Crippen LogP contribution in [0, 0.1) is 51.4 Å². The third-order valence-corrected chi connectivity index (χ3v) is 9.09. The Bertz CT molecular complexity index is 1850. The molecule has 0 aromatic heterocycles. The van der Waals surface area contributed by atoms with Gasteiger partial charge in [0.25, 0.3) is 0 Å². The highest BCUT2D eigenvalue weighted by atomic mass is 16.5. The van der Waals surface area contributed by atoms with Crippen molar-refractivity contribution in [3.63, 3.8) is 0 Å². The molecule has 2 aliphatic heterocycles. The van der Waals surface area contributed by atoms with E-state index in [1.807, 2.05) is 98.8 Å². The van der Waals surface area contributed by atoms with Crippen LogP contribution in [0.3, 0.4) is 0 Å². The number of imide groups is 2. The van der Waals surface area contributed by atoms with Gasteiger partial charge in [-0.3, -0.25) is 29.0 Å². The molecular weight excluding hydrogens is 644 g/mol. The van der Waals surface area contributed by atoms with Crippen molar-refractivity contribution in [3.8, 4) is 5.75 Å². The number of aryl methyl sites for hydroxylation is 4. The largest absolute Gasteiger partial charge is 0.423 e. The molecule has 2 heterocycles. The molecule has 260 valence electrons. The number of fused-ring (bicyclic) bond motifs is 4. The van der Waals surface area contributed by atoms with Gasteiger partial charge in [0.15, 0.2) is 0 Å². The highest BCUT2D eigenvalue weighted by Crippen LogP contribution is 2.55. The van der Waals surface area contributed by atoms with E-state index in [0.29, 0.717) is 5.75 Å². The summed E-state index contributed by atoms with van der Waals surface area (Å²) in [5.74, 6) is -3.49. The van der Waals surface area contributed by atoms with Crippen LogP contribution >= 0.6 is 0 Å². The number of hydrogen-bond acceptors (Lipinski definition) is 8. The Morgan fingerprint density at radius 3 is 1.20 bits per heavy atom. The molecule has 3 aliphatic rings. The van der Waals surface area contributed by atoms with Crippen molar-refractivity contribution in [2.75, 3.05) is 14.1 Å². The monoisotopic (exact) mass is 684 g/mol. The number of ether oxygens (including phenoxy) is 1. The number of carbonyl (C=O) groups is 5. The van der Waals surface area contributed by atoms with Gasteiger partial charge < -0.3 is 4.74 Å². The SMILES string of the molecule is CN1C(=O)C2C(C1=O)C1C(=O)N(C)C(=O)C21.Cc1ccc(/C=C/C(=O)Oc2ccc(C)cc2)cc1.Cc1ccc(N=Nc2ccc(C)cc2)cc1. The first kappa shape index (κ1) is 36.3. The van der Waals surface area contributed by atoms with Crippen molar-refractivity contribution in [2.45, 2.75) is 27.7 Å². The van der Waals surface area contributed by atoms with E-state index in [0.717, 1.165) is 32.3 Å². The van der Waals surface area contributed by atoms with Crippen LogP contribution in [0.25, 0.3) is 6.08 Å². The van der Waals surface area contributed by atoms with Crippen molar-refractivity contribution in [2.24, 2.45) is 33.9 Å². The van der Waals surface area contributed by atoms with Crippen LogP contribution in [0.4, 0.5) is 11.4 Å². The van der Waals surface area contributed by atoms with Crippen LogP contribution in [0.15, 0.2) is 113 Å². The van der Waals surface area contributed by atoms with Crippen LogP contribution < -0.4 is 4.74 Å². The smallest absolute Gasteiger partial charge is 0.336 e. The normalized spacial score (nSPS) is 20.4. The molecule has 1 aliphatic carbocycles. The summed E-state index contributed by atoms with van der Waals surface area (Å²) in [5.41, 5.74) is 7.53. The summed E-state index contributed by atoms with van der Waals surface area (Å²) < 4.78 is 5.19. The lowest BCUT2D eigenvalue weighted by atomic mass is 9.59. The van der Waals surface area contributed by atoms with E-state index in [9.17, 15) is 24.0 Å². The zero-order valence-corrected chi connectivity index (χ0v) is 29.4. The summed E-state index contributed by atoms with van der Waals surface area (Å²) in [6.07, 6.45) is 3.18. The zero-order chi connectivity index (χ0) is 36.8. The minimum atomic E-state index is -0.594. The van der Waals surface area contributed by atoms with Gasteiger partial charge in [-0.2, -0.15) is 10.2 Å². The van der Waals surface area contributed by atoms with Gasteiger partial charge in [-0.1, -0.05) is 82.9 Å². The van der Waals surface area contributed by atoms with Crippen molar-refractivity contribution >= 4 is 47.0 Å². The number of esters is 1.